The monoisotopic (exact) mass is 251 g/mol. The molecule has 0 fully saturated rings. The molecule has 0 heterocycles. The second-order valence-corrected chi connectivity index (χ2v) is 4.76. The Hall–Kier alpha value is 0.617. The van der Waals surface area contributed by atoms with Gasteiger partial charge in [0.25, 0.3) is 0 Å². The smallest absolute Gasteiger partial charge is 0.143 e. The minimum atomic E-state index is -0.610. The van der Waals surface area contributed by atoms with Crippen LogP contribution in [0.25, 0.3) is 0 Å². The Bertz CT molecular complexity index is 118. The third kappa shape index (κ3) is 4.60. The fourth-order valence-corrected chi connectivity index (χ4v) is 1.21. The van der Waals surface area contributed by atoms with Crippen molar-refractivity contribution in [2.75, 3.05) is 14.2 Å². The lowest BCUT2D eigenvalue weighted by atomic mass is 10.2. The van der Waals surface area contributed by atoms with E-state index in [1.165, 1.54) is 0 Å². The van der Waals surface area contributed by atoms with E-state index in [-0.39, 0.29) is 0 Å². The molecule has 0 saturated heterocycles. The zero-order chi connectivity index (χ0) is 9.61. The summed E-state index contributed by atoms with van der Waals surface area (Å²) in [6.07, 6.45) is 2.98. The van der Waals surface area contributed by atoms with Crippen molar-refractivity contribution in [3.8, 4) is 0 Å². The second kappa shape index (κ2) is 6.13. The van der Waals surface area contributed by atoms with Gasteiger partial charge in [0.2, 0.25) is 0 Å². The van der Waals surface area contributed by atoms with E-state index in [2.05, 4.69) is 33.1 Å². The van der Waals surface area contributed by atoms with E-state index >= 15 is 0 Å². The van der Waals surface area contributed by atoms with Crippen LogP contribution in [0.15, 0.2) is 0 Å². The maximum Gasteiger partial charge on any atom is 0.143 e. The molecule has 1 unspecified atom stereocenters. The highest BCUT2D eigenvalue weighted by Crippen LogP contribution is 2.20. The van der Waals surface area contributed by atoms with Gasteiger partial charge in [0.05, 0.1) is 0 Å². The molecule has 1 atom stereocenters. The summed E-state index contributed by atoms with van der Waals surface area (Å²) in [5, 5.41) is 0. The van der Waals surface area contributed by atoms with Crippen molar-refractivity contribution in [1.82, 2.24) is 0 Å². The van der Waals surface area contributed by atoms with Crippen LogP contribution in [0.4, 0.5) is 0 Å². The molecule has 0 bridgehead atoms. The first kappa shape index (κ1) is 12.6. The van der Waals surface area contributed by atoms with Gasteiger partial charge in [0, 0.05) is 19.0 Å². The van der Waals surface area contributed by atoms with E-state index in [0.29, 0.717) is 4.83 Å². The average Bonchev–Trinajstić information content (AvgIpc) is 2.13. The Labute approximate surface area is 86.6 Å². The maximum absolute atomic E-state index is 5.15. The van der Waals surface area contributed by atoms with Crippen molar-refractivity contribution in [3.05, 3.63) is 0 Å². The van der Waals surface area contributed by atoms with Crippen molar-refractivity contribution in [2.45, 2.75) is 36.4 Å². The Kier molecular flexibility index (Phi) is 6.44. The van der Waals surface area contributed by atoms with Gasteiger partial charge in [-0.15, -0.1) is 0 Å². The van der Waals surface area contributed by atoms with Gasteiger partial charge >= 0.3 is 0 Å². The molecular weight excluding hydrogens is 236 g/mol. The minimum Gasteiger partial charge on any atom is -0.358 e. The summed E-state index contributed by atoms with van der Waals surface area (Å²) in [7, 11) is 6.69. The number of ether oxygens (including phenoxy) is 2. The van der Waals surface area contributed by atoms with E-state index in [1.807, 2.05) is 0 Å². The SMILES string of the molecule is CCC(Br)CCC([Si])(OC)OC. The summed E-state index contributed by atoms with van der Waals surface area (Å²) in [4.78, 5) is 0.540. The molecule has 71 valence electrons. The lowest BCUT2D eigenvalue weighted by Crippen LogP contribution is -2.34. The van der Waals surface area contributed by atoms with Crippen LogP contribution < -0.4 is 0 Å². The van der Waals surface area contributed by atoms with E-state index in [4.69, 9.17) is 9.47 Å². The summed E-state index contributed by atoms with van der Waals surface area (Å²) in [6, 6.07) is 0. The highest BCUT2D eigenvalue weighted by Gasteiger charge is 2.22. The number of halogens is 1. The Morgan fingerprint density at radius 3 is 2.25 bits per heavy atom. The van der Waals surface area contributed by atoms with Crippen molar-refractivity contribution in [2.24, 2.45) is 0 Å². The van der Waals surface area contributed by atoms with E-state index in [9.17, 15) is 0 Å². The molecule has 0 N–H and O–H groups in total. The molecule has 12 heavy (non-hydrogen) atoms. The van der Waals surface area contributed by atoms with E-state index in [0.717, 1.165) is 19.3 Å². The van der Waals surface area contributed by atoms with Crippen LogP contribution in [0.1, 0.15) is 26.2 Å². The van der Waals surface area contributed by atoms with Crippen LogP contribution >= 0.6 is 15.9 Å². The molecular formula is C8H16BrO2Si. The number of rotatable bonds is 6. The quantitative estimate of drug-likeness (QED) is 0.409. The molecule has 0 aromatic carbocycles. The fraction of sp³-hybridized carbons (Fsp3) is 1.00. The first-order chi connectivity index (χ1) is 5.58. The largest absolute Gasteiger partial charge is 0.358 e. The number of alkyl halides is 1. The van der Waals surface area contributed by atoms with Crippen molar-refractivity contribution in [3.63, 3.8) is 0 Å². The van der Waals surface area contributed by atoms with Gasteiger partial charge < -0.3 is 9.47 Å². The highest BCUT2D eigenvalue weighted by molar-refractivity contribution is 9.09. The zero-order valence-corrected chi connectivity index (χ0v) is 10.5. The van der Waals surface area contributed by atoms with Crippen LogP contribution in [0.2, 0.25) is 0 Å². The van der Waals surface area contributed by atoms with Gasteiger partial charge in [0.1, 0.15) is 15.7 Å². The van der Waals surface area contributed by atoms with Crippen LogP contribution in [0.3, 0.4) is 0 Å². The molecule has 2 nitrogen and oxygen atoms in total. The molecule has 0 aliphatic rings. The van der Waals surface area contributed by atoms with Crippen LogP contribution in [0.5, 0.6) is 0 Å². The first-order valence-electron chi connectivity index (χ1n) is 4.07. The minimum absolute atomic E-state index is 0.540. The Morgan fingerprint density at radius 1 is 1.42 bits per heavy atom. The van der Waals surface area contributed by atoms with Gasteiger partial charge in [0.15, 0.2) is 0 Å². The summed E-state index contributed by atoms with van der Waals surface area (Å²) < 4.78 is 10.3. The van der Waals surface area contributed by atoms with Crippen molar-refractivity contribution >= 4 is 26.2 Å². The second-order valence-electron chi connectivity index (χ2n) is 2.71. The number of hydrogen-bond acceptors (Lipinski definition) is 2. The molecule has 0 aliphatic heterocycles. The molecule has 0 aromatic rings. The van der Waals surface area contributed by atoms with E-state index < -0.39 is 5.41 Å². The standard InChI is InChI=1S/C8H16BrO2Si/c1-4-7(9)5-6-8(12,10-2)11-3/h7H,4-6H2,1-3H3. The molecule has 0 amide bonds. The topological polar surface area (TPSA) is 18.5 Å². The lowest BCUT2D eigenvalue weighted by molar-refractivity contribution is -0.146. The third-order valence-electron chi connectivity index (χ3n) is 1.89. The summed E-state index contributed by atoms with van der Waals surface area (Å²) >= 11 is 3.56. The van der Waals surface area contributed by atoms with Crippen LogP contribution in [0, 0.1) is 0 Å². The average molecular weight is 252 g/mol. The Morgan fingerprint density at radius 2 is 1.92 bits per heavy atom. The predicted octanol–water partition coefficient (Wildman–Crippen LogP) is 2.06. The first-order valence-corrected chi connectivity index (χ1v) is 5.49. The zero-order valence-electron chi connectivity index (χ0n) is 7.89. The maximum atomic E-state index is 5.15. The van der Waals surface area contributed by atoms with Gasteiger partial charge in [-0.05, 0) is 19.3 Å². The van der Waals surface area contributed by atoms with Gasteiger partial charge in [-0.1, -0.05) is 22.9 Å². The Balaban J connectivity index is 3.72. The van der Waals surface area contributed by atoms with Gasteiger partial charge in [-0.2, -0.15) is 0 Å². The van der Waals surface area contributed by atoms with Gasteiger partial charge in [-0.3, -0.25) is 0 Å². The summed E-state index contributed by atoms with van der Waals surface area (Å²) in [5.74, 6) is 0. The van der Waals surface area contributed by atoms with E-state index in [1.54, 1.807) is 14.2 Å². The van der Waals surface area contributed by atoms with Crippen molar-refractivity contribution < 1.29 is 9.47 Å². The molecule has 0 spiro atoms. The van der Waals surface area contributed by atoms with Crippen LogP contribution in [-0.4, -0.2) is 34.7 Å². The van der Waals surface area contributed by atoms with Gasteiger partial charge in [-0.25, -0.2) is 0 Å². The van der Waals surface area contributed by atoms with Crippen molar-refractivity contribution in [1.29, 1.82) is 0 Å². The third-order valence-corrected chi connectivity index (χ3v) is 3.65. The van der Waals surface area contributed by atoms with Crippen LogP contribution in [-0.2, 0) is 9.47 Å². The number of hydrogen-bond donors (Lipinski definition) is 0. The predicted molar refractivity (Wildman–Crippen MR) is 54.7 cm³/mol. The lowest BCUT2D eigenvalue weighted by Gasteiger charge is -2.27. The highest BCUT2D eigenvalue weighted by atomic mass is 79.9. The molecule has 4 heteroatoms. The molecule has 3 radical (unpaired) electrons. The molecule has 0 rings (SSSR count). The summed E-state index contributed by atoms with van der Waals surface area (Å²) in [5.41, 5.74) is -0.610. The molecule has 0 aliphatic carbocycles. The molecule has 0 aromatic heterocycles. The normalized spacial score (nSPS) is 14.8. The summed E-state index contributed by atoms with van der Waals surface area (Å²) in [6.45, 7) is 2.15. The number of methoxy groups -OCH3 is 2. The fourth-order valence-electron chi connectivity index (χ4n) is 0.838. The molecule has 0 saturated carbocycles.